The molecule has 1 amide bonds. The summed E-state index contributed by atoms with van der Waals surface area (Å²) in [6.07, 6.45) is 7.98. The van der Waals surface area contributed by atoms with Crippen molar-refractivity contribution in [2.75, 3.05) is 18.0 Å². The fraction of sp³-hybridized carbons (Fsp3) is 0.529. The highest BCUT2D eigenvalue weighted by atomic mass is 16.2. The van der Waals surface area contributed by atoms with E-state index in [1.807, 2.05) is 6.07 Å². The van der Waals surface area contributed by atoms with Crippen molar-refractivity contribution in [2.24, 2.45) is 5.10 Å². The van der Waals surface area contributed by atoms with Gasteiger partial charge in [-0.15, -0.1) is 0 Å². The summed E-state index contributed by atoms with van der Waals surface area (Å²) < 4.78 is 0. The highest BCUT2D eigenvalue weighted by Crippen LogP contribution is 2.26. The Morgan fingerprint density at radius 1 is 1.10 bits per heavy atom. The van der Waals surface area contributed by atoms with Crippen molar-refractivity contribution in [3.05, 3.63) is 29.8 Å². The molecule has 21 heavy (non-hydrogen) atoms. The smallest absolute Gasteiger partial charge is 0.259 e. The summed E-state index contributed by atoms with van der Waals surface area (Å²) in [5.74, 6) is -0.00947. The van der Waals surface area contributed by atoms with Crippen molar-refractivity contribution in [1.29, 1.82) is 0 Å². The first-order valence-electron chi connectivity index (χ1n) is 8.00. The van der Waals surface area contributed by atoms with E-state index in [2.05, 4.69) is 33.6 Å². The fourth-order valence-electron chi connectivity index (χ4n) is 3.20. The van der Waals surface area contributed by atoms with Gasteiger partial charge >= 0.3 is 0 Å². The largest absolute Gasteiger partial charge is 0.362 e. The molecular weight excluding hydrogens is 262 g/mol. The monoisotopic (exact) mass is 285 g/mol. The van der Waals surface area contributed by atoms with E-state index >= 15 is 0 Å². The number of hydrogen-bond acceptors (Lipinski definition) is 3. The Morgan fingerprint density at radius 3 is 2.76 bits per heavy atom. The Kier molecular flexibility index (Phi) is 4.53. The van der Waals surface area contributed by atoms with Gasteiger partial charge in [0.2, 0.25) is 0 Å². The van der Waals surface area contributed by atoms with Crippen molar-refractivity contribution in [3.8, 4) is 0 Å². The van der Waals surface area contributed by atoms with Crippen LogP contribution in [-0.4, -0.2) is 24.7 Å². The van der Waals surface area contributed by atoms with Crippen LogP contribution in [0.15, 0.2) is 29.4 Å². The third-order valence-corrected chi connectivity index (χ3v) is 4.31. The summed E-state index contributed by atoms with van der Waals surface area (Å²) in [6.45, 7) is 1.34. The molecule has 0 bridgehead atoms. The predicted octanol–water partition coefficient (Wildman–Crippen LogP) is 2.88. The van der Waals surface area contributed by atoms with E-state index in [9.17, 15) is 4.79 Å². The van der Waals surface area contributed by atoms with Crippen LogP contribution in [0.3, 0.4) is 0 Å². The SMILES string of the molecule is O=C(CN1CCCc2ccccc21)NN=C1CCCCC1. The lowest BCUT2D eigenvalue weighted by Crippen LogP contribution is -2.38. The van der Waals surface area contributed by atoms with Gasteiger partial charge in [0.1, 0.15) is 0 Å². The van der Waals surface area contributed by atoms with Crippen molar-refractivity contribution in [3.63, 3.8) is 0 Å². The number of carbonyl (C=O) groups excluding carboxylic acids is 1. The maximum absolute atomic E-state index is 12.1. The minimum absolute atomic E-state index is 0.00947. The molecule has 0 saturated heterocycles. The van der Waals surface area contributed by atoms with E-state index in [1.54, 1.807) is 0 Å². The molecule has 0 aromatic heterocycles. The number of rotatable bonds is 3. The average molecular weight is 285 g/mol. The highest BCUT2D eigenvalue weighted by molar-refractivity contribution is 5.88. The second-order valence-corrected chi connectivity index (χ2v) is 5.93. The van der Waals surface area contributed by atoms with Gasteiger partial charge < -0.3 is 4.90 Å². The molecule has 2 aliphatic rings. The summed E-state index contributed by atoms with van der Waals surface area (Å²) >= 11 is 0. The van der Waals surface area contributed by atoms with Crippen LogP contribution in [0.5, 0.6) is 0 Å². The van der Waals surface area contributed by atoms with Gasteiger partial charge in [0.05, 0.1) is 6.54 Å². The molecule has 1 heterocycles. The lowest BCUT2D eigenvalue weighted by atomic mass is 9.99. The van der Waals surface area contributed by atoms with E-state index in [0.29, 0.717) is 6.54 Å². The van der Waals surface area contributed by atoms with Crippen LogP contribution >= 0.6 is 0 Å². The number of fused-ring (bicyclic) bond motifs is 1. The zero-order valence-corrected chi connectivity index (χ0v) is 12.5. The third-order valence-electron chi connectivity index (χ3n) is 4.31. The number of hydrazone groups is 1. The van der Waals surface area contributed by atoms with Crippen LogP contribution in [-0.2, 0) is 11.2 Å². The molecule has 0 atom stereocenters. The molecule has 3 rings (SSSR count). The van der Waals surface area contributed by atoms with Crippen molar-refractivity contribution in [2.45, 2.75) is 44.9 Å². The lowest BCUT2D eigenvalue weighted by molar-refractivity contribution is -0.119. The first-order valence-corrected chi connectivity index (χ1v) is 8.00. The van der Waals surface area contributed by atoms with Gasteiger partial charge in [-0.1, -0.05) is 24.6 Å². The molecular formula is C17H23N3O. The van der Waals surface area contributed by atoms with Crippen molar-refractivity contribution < 1.29 is 4.79 Å². The van der Waals surface area contributed by atoms with Gasteiger partial charge in [0, 0.05) is 17.9 Å². The summed E-state index contributed by atoms with van der Waals surface area (Å²) in [6, 6.07) is 8.37. The Labute approximate surface area is 126 Å². The average Bonchev–Trinajstić information content (AvgIpc) is 2.54. The molecule has 0 radical (unpaired) electrons. The molecule has 1 N–H and O–H groups in total. The Morgan fingerprint density at radius 2 is 1.90 bits per heavy atom. The molecule has 1 aromatic carbocycles. The van der Waals surface area contributed by atoms with Crippen LogP contribution in [0.25, 0.3) is 0 Å². The normalized spacial score (nSPS) is 18.1. The molecule has 4 nitrogen and oxygen atoms in total. The molecule has 4 heteroatoms. The van der Waals surface area contributed by atoms with E-state index < -0.39 is 0 Å². The number of amides is 1. The number of para-hydroxylation sites is 1. The zero-order chi connectivity index (χ0) is 14.5. The van der Waals surface area contributed by atoms with Crippen LogP contribution in [0.4, 0.5) is 5.69 Å². The van der Waals surface area contributed by atoms with Crippen LogP contribution in [0.1, 0.15) is 44.1 Å². The number of nitrogens with one attached hydrogen (secondary N) is 1. The molecule has 1 aromatic rings. The second-order valence-electron chi connectivity index (χ2n) is 5.93. The maximum Gasteiger partial charge on any atom is 0.259 e. The number of anilines is 1. The summed E-state index contributed by atoms with van der Waals surface area (Å²) in [5, 5.41) is 4.30. The number of carbonyl (C=O) groups is 1. The van der Waals surface area contributed by atoms with E-state index in [0.717, 1.165) is 37.9 Å². The molecule has 112 valence electrons. The number of aryl methyl sites for hydroxylation is 1. The van der Waals surface area contributed by atoms with Gasteiger partial charge in [-0.3, -0.25) is 4.79 Å². The second kappa shape index (κ2) is 6.74. The van der Waals surface area contributed by atoms with Gasteiger partial charge in [0.15, 0.2) is 0 Å². The van der Waals surface area contributed by atoms with Crippen molar-refractivity contribution in [1.82, 2.24) is 5.43 Å². The standard InChI is InChI=1S/C17H23N3O/c21-17(19-18-15-9-2-1-3-10-15)13-20-12-6-8-14-7-4-5-11-16(14)20/h4-5,7,11H,1-3,6,8-10,12-13H2,(H,19,21). The van der Waals surface area contributed by atoms with Crippen LogP contribution in [0, 0.1) is 0 Å². The van der Waals surface area contributed by atoms with Crippen LogP contribution < -0.4 is 10.3 Å². The molecule has 1 aliphatic heterocycles. The minimum atomic E-state index is -0.00947. The zero-order valence-electron chi connectivity index (χ0n) is 12.5. The predicted molar refractivity (Wildman–Crippen MR) is 85.6 cm³/mol. The first kappa shape index (κ1) is 14.1. The van der Waals surface area contributed by atoms with E-state index in [4.69, 9.17) is 0 Å². The Hall–Kier alpha value is -1.84. The Balaban J connectivity index is 1.58. The maximum atomic E-state index is 12.1. The number of nitrogens with zero attached hydrogens (tertiary/aromatic N) is 2. The van der Waals surface area contributed by atoms with Gasteiger partial charge in [-0.05, 0) is 50.2 Å². The quantitative estimate of drug-likeness (QED) is 0.868. The summed E-state index contributed by atoms with van der Waals surface area (Å²) in [7, 11) is 0. The molecule has 0 spiro atoms. The topological polar surface area (TPSA) is 44.7 Å². The van der Waals surface area contributed by atoms with Gasteiger partial charge in [-0.25, -0.2) is 5.43 Å². The van der Waals surface area contributed by atoms with E-state index in [1.165, 1.54) is 30.5 Å². The highest BCUT2D eigenvalue weighted by Gasteiger charge is 2.18. The third kappa shape index (κ3) is 3.63. The van der Waals surface area contributed by atoms with Crippen molar-refractivity contribution >= 4 is 17.3 Å². The summed E-state index contributed by atoms with van der Waals surface area (Å²) in [5.41, 5.74) is 6.43. The molecule has 1 aliphatic carbocycles. The molecule has 1 saturated carbocycles. The van der Waals surface area contributed by atoms with Gasteiger partial charge in [-0.2, -0.15) is 5.10 Å². The number of benzene rings is 1. The fourth-order valence-corrected chi connectivity index (χ4v) is 3.20. The first-order chi connectivity index (χ1) is 10.3. The number of hydrogen-bond donors (Lipinski definition) is 1. The minimum Gasteiger partial charge on any atom is -0.362 e. The Bertz CT molecular complexity index is 531. The summed E-state index contributed by atoms with van der Waals surface area (Å²) in [4.78, 5) is 14.3. The molecule has 0 unspecified atom stereocenters. The van der Waals surface area contributed by atoms with E-state index in [-0.39, 0.29) is 5.91 Å². The van der Waals surface area contributed by atoms with Crippen LogP contribution in [0.2, 0.25) is 0 Å². The van der Waals surface area contributed by atoms with Gasteiger partial charge in [0.25, 0.3) is 5.91 Å². The lowest BCUT2D eigenvalue weighted by Gasteiger charge is -2.30. The molecule has 1 fully saturated rings.